The number of hydrogen-bond donors (Lipinski definition) is 2. The highest BCUT2D eigenvalue weighted by Crippen LogP contribution is 2.31. The van der Waals surface area contributed by atoms with Crippen LogP contribution in [0.15, 0.2) is 30.3 Å². The SMILES string of the molecule is C[C@H](O)[C@H](O)[C@H]1OC(C)(C)O[C@H]1COCc1ccccc1. The Morgan fingerprint density at radius 2 is 1.86 bits per heavy atom. The summed E-state index contributed by atoms with van der Waals surface area (Å²) in [6, 6.07) is 9.83. The quantitative estimate of drug-likeness (QED) is 0.832. The lowest BCUT2D eigenvalue weighted by molar-refractivity contribution is -0.163. The molecule has 1 aliphatic rings. The van der Waals surface area contributed by atoms with Gasteiger partial charge in [0, 0.05) is 0 Å². The van der Waals surface area contributed by atoms with Crippen LogP contribution in [0.5, 0.6) is 0 Å². The van der Waals surface area contributed by atoms with Gasteiger partial charge in [-0.05, 0) is 26.3 Å². The van der Waals surface area contributed by atoms with Crippen LogP contribution in [-0.4, -0.2) is 47.0 Å². The van der Waals surface area contributed by atoms with E-state index in [0.29, 0.717) is 13.2 Å². The molecule has 0 radical (unpaired) electrons. The number of rotatable bonds is 6. The van der Waals surface area contributed by atoms with Crippen LogP contribution in [-0.2, 0) is 20.8 Å². The smallest absolute Gasteiger partial charge is 0.164 e. The second-order valence-corrected chi connectivity index (χ2v) is 5.87. The van der Waals surface area contributed by atoms with Crippen molar-refractivity contribution in [2.45, 2.75) is 57.6 Å². The molecule has 0 unspecified atom stereocenters. The van der Waals surface area contributed by atoms with Crippen LogP contribution >= 0.6 is 0 Å². The molecule has 1 aromatic rings. The molecule has 0 aromatic heterocycles. The number of ether oxygens (including phenoxy) is 3. The molecule has 1 fully saturated rings. The summed E-state index contributed by atoms with van der Waals surface area (Å²) < 4.78 is 17.1. The van der Waals surface area contributed by atoms with E-state index in [1.807, 2.05) is 30.3 Å². The van der Waals surface area contributed by atoms with Gasteiger partial charge in [0.25, 0.3) is 0 Å². The van der Waals surface area contributed by atoms with Gasteiger partial charge in [-0.25, -0.2) is 0 Å². The van der Waals surface area contributed by atoms with Crippen LogP contribution in [0.4, 0.5) is 0 Å². The van der Waals surface area contributed by atoms with Crippen molar-refractivity contribution in [3.05, 3.63) is 35.9 Å². The lowest BCUT2D eigenvalue weighted by Gasteiger charge is -2.24. The van der Waals surface area contributed by atoms with Crippen LogP contribution in [0.1, 0.15) is 26.3 Å². The Bertz CT molecular complexity index is 432. The number of aliphatic hydroxyl groups excluding tert-OH is 2. The van der Waals surface area contributed by atoms with Crippen molar-refractivity contribution in [3.63, 3.8) is 0 Å². The minimum atomic E-state index is -1.00. The van der Waals surface area contributed by atoms with Crippen molar-refractivity contribution in [3.8, 4) is 0 Å². The summed E-state index contributed by atoms with van der Waals surface area (Å²) >= 11 is 0. The molecule has 21 heavy (non-hydrogen) atoms. The van der Waals surface area contributed by atoms with Crippen molar-refractivity contribution in [2.75, 3.05) is 6.61 Å². The van der Waals surface area contributed by atoms with E-state index in [2.05, 4.69) is 0 Å². The van der Waals surface area contributed by atoms with Crippen LogP contribution in [0.25, 0.3) is 0 Å². The Morgan fingerprint density at radius 3 is 2.48 bits per heavy atom. The average Bonchev–Trinajstić information content (AvgIpc) is 2.74. The molecule has 2 N–H and O–H groups in total. The fourth-order valence-corrected chi connectivity index (χ4v) is 2.42. The molecule has 0 amide bonds. The van der Waals surface area contributed by atoms with E-state index in [1.165, 1.54) is 6.92 Å². The summed E-state index contributed by atoms with van der Waals surface area (Å²) in [5.74, 6) is -0.790. The summed E-state index contributed by atoms with van der Waals surface area (Å²) in [6.07, 6.45) is -2.90. The summed E-state index contributed by atoms with van der Waals surface area (Å²) in [5, 5.41) is 19.6. The first-order chi connectivity index (χ1) is 9.89. The molecule has 1 aliphatic heterocycles. The number of hydrogen-bond acceptors (Lipinski definition) is 5. The second-order valence-electron chi connectivity index (χ2n) is 5.87. The Hall–Kier alpha value is -0.980. The maximum Gasteiger partial charge on any atom is 0.164 e. The van der Waals surface area contributed by atoms with E-state index in [4.69, 9.17) is 14.2 Å². The standard InChI is InChI=1S/C16H24O5/c1-11(17)14(18)15-13(20-16(2,3)21-15)10-19-9-12-7-5-4-6-8-12/h4-8,11,13-15,17-18H,9-10H2,1-3H3/t11-,13-,14-,15-/m0/s1. The average molecular weight is 296 g/mol. The largest absolute Gasteiger partial charge is 0.391 e. The number of aliphatic hydroxyl groups is 2. The molecule has 1 heterocycles. The molecule has 0 bridgehead atoms. The fraction of sp³-hybridized carbons (Fsp3) is 0.625. The third-order valence-electron chi connectivity index (χ3n) is 3.45. The lowest BCUT2D eigenvalue weighted by Crippen LogP contribution is -2.43. The molecular formula is C16H24O5. The summed E-state index contributed by atoms with van der Waals surface area (Å²) in [7, 11) is 0. The first kappa shape index (κ1) is 16.4. The highest BCUT2D eigenvalue weighted by atomic mass is 16.8. The Balaban J connectivity index is 1.90. The van der Waals surface area contributed by atoms with Gasteiger partial charge in [0.1, 0.15) is 18.3 Å². The highest BCUT2D eigenvalue weighted by Gasteiger charge is 2.45. The Labute approximate surface area is 125 Å². The third kappa shape index (κ3) is 4.49. The van der Waals surface area contributed by atoms with Crippen LogP contribution in [0, 0.1) is 0 Å². The molecule has 0 saturated carbocycles. The van der Waals surface area contributed by atoms with Crippen LogP contribution in [0.3, 0.4) is 0 Å². The lowest BCUT2D eigenvalue weighted by atomic mass is 10.0. The van der Waals surface area contributed by atoms with Gasteiger partial charge in [-0.15, -0.1) is 0 Å². The summed E-state index contributed by atoms with van der Waals surface area (Å²) in [5.41, 5.74) is 1.07. The van der Waals surface area contributed by atoms with Crippen molar-refractivity contribution in [1.29, 1.82) is 0 Å². The van der Waals surface area contributed by atoms with Gasteiger partial charge in [-0.2, -0.15) is 0 Å². The highest BCUT2D eigenvalue weighted by molar-refractivity contribution is 5.13. The van der Waals surface area contributed by atoms with E-state index in [9.17, 15) is 10.2 Å². The molecule has 4 atom stereocenters. The van der Waals surface area contributed by atoms with E-state index in [1.54, 1.807) is 13.8 Å². The van der Waals surface area contributed by atoms with E-state index >= 15 is 0 Å². The maximum atomic E-state index is 10.0. The first-order valence-corrected chi connectivity index (χ1v) is 7.22. The molecule has 5 heteroatoms. The summed E-state index contributed by atoms with van der Waals surface area (Å²) in [4.78, 5) is 0. The zero-order chi connectivity index (χ0) is 15.5. The van der Waals surface area contributed by atoms with E-state index < -0.39 is 30.2 Å². The first-order valence-electron chi connectivity index (χ1n) is 7.22. The van der Waals surface area contributed by atoms with Gasteiger partial charge in [0.15, 0.2) is 5.79 Å². The predicted molar refractivity (Wildman–Crippen MR) is 77.6 cm³/mol. The van der Waals surface area contributed by atoms with Crippen LogP contribution < -0.4 is 0 Å². The van der Waals surface area contributed by atoms with Crippen molar-refractivity contribution in [2.24, 2.45) is 0 Å². The molecule has 2 rings (SSSR count). The van der Waals surface area contributed by atoms with Gasteiger partial charge in [-0.3, -0.25) is 0 Å². The van der Waals surface area contributed by atoms with Gasteiger partial charge < -0.3 is 24.4 Å². The van der Waals surface area contributed by atoms with E-state index in [-0.39, 0.29) is 0 Å². The van der Waals surface area contributed by atoms with Crippen molar-refractivity contribution in [1.82, 2.24) is 0 Å². The zero-order valence-corrected chi connectivity index (χ0v) is 12.7. The number of benzene rings is 1. The molecule has 5 nitrogen and oxygen atoms in total. The van der Waals surface area contributed by atoms with E-state index in [0.717, 1.165) is 5.56 Å². The second kappa shape index (κ2) is 6.85. The molecule has 1 aromatic carbocycles. The zero-order valence-electron chi connectivity index (χ0n) is 12.7. The Kier molecular flexibility index (Phi) is 5.35. The molecule has 0 spiro atoms. The molecular weight excluding hydrogens is 272 g/mol. The third-order valence-corrected chi connectivity index (χ3v) is 3.45. The fourth-order valence-electron chi connectivity index (χ4n) is 2.42. The maximum absolute atomic E-state index is 10.0. The van der Waals surface area contributed by atoms with Crippen molar-refractivity contribution < 1.29 is 24.4 Å². The van der Waals surface area contributed by atoms with Gasteiger partial charge in [-0.1, -0.05) is 30.3 Å². The molecule has 1 saturated heterocycles. The van der Waals surface area contributed by atoms with Gasteiger partial charge >= 0.3 is 0 Å². The van der Waals surface area contributed by atoms with Gasteiger partial charge in [0.05, 0.1) is 19.3 Å². The predicted octanol–water partition coefficient (Wildman–Crippen LogP) is 1.46. The molecule has 118 valence electrons. The van der Waals surface area contributed by atoms with Crippen LogP contribution in [0.2, 0.25) is 0 Å². The topological polar surface area (TPSA) is 68.2 Å². The van der Waals surface area contributed by atoms with Crippen molar-refractivity contribution >= 4 is 0 Å². The minimum Gasteiger partial charge on any atom is -0.391 e. The minimum absolute atomic E-state index is 0.298. The monoisotopic (exact) mass is 296 g/mol. The van der Waals surface area contributed by atoms with Gasteiger partial charge in [0.2, 0.25) is 0 Å². The normalized spacial score (nSPS) is 27.5. The summed E-state index contributed by atoms with van der Waals surface area (Å²) in [6.45, 7) is 5.87. The Morgan fingerprint density at radius 1 is 1.19 bits per heavy atom. The molecule has 0 aliphatic carbocycles.